The molecule has 0 saturated carbocycles. The van der Waals surface area contributed by atoms with Gasteiger partial charge < -0.3 is 10.1 Å². The van der Waals surface area contributed by atoms with Crippen molar-refractivity contribution in [1.29, 1.82) is 0 Å². The number of hydrogen-bond donors (Lipinski definition) is 1. The Kier molecular flexibility index (Phi) is 9.14. The second kappa shape index (κ2) is 10.4. The van der Waals surface area contributed by atoms with E-state index in [1.54, 1.807) is 0 Å². The molecule has 0 aliphatic rings. The Labute approximate surface area is 126 Å². The number of nitrogens with one attached hydrogen (secondary N) is 1. The summed E-state index contributed by atoms with van der Waals surface area (Å²) < 4.78 is 6.79. The summed E-state index contributed by atoms with van der Waals surface area (Å²) in [5.41, 5.74) is 1.23. The second-order valence-electron chi connectivity index (χ2n) is 5.34. The number of unbranched alkanes of at least 4 members (excludes halogenated alkanes) is 2. The molecule has 0 fully saturated rings. The Hall–Kier alpha value is -0.380. The van der Waals surface area contributed by atoms with Crippen LogP contribution < -0.4 is 5.32 Å². The van der Waals surface area contributed by atoms with Crippen molar-refractivity contribution in [1.82, 2.24) is 5.32 Å². The van der Waals surface area contributed by atoms with Gasteiger partial charge in [-0.15, -0.1) is 0 Å². The van der Waals surface area contributed by atoms with Crippen molar-refractivity contribution in [3.8, 4) is 0 Å². The monoisotopic (exact) mass is 327 g/mol. The summed E-state index contributed by atoms with van der Waals surface area (Å²) in [6.07, 6.45) is 3.63. The van der Waals surface area contributed by atoms with Crippen LogP contribution in [0.4, 0.5) is 0 Å². The highest BCUT2D eigenvalue weighted by atomic mass is 79.9. The molecule has 1 rings (SSSR count). The van der Waals surface area contributed by atoms with Gasteiger partial charge >= 0.3 is 0 Å². The molecule has 1 aromatic carbocycles. The van der Waals surface area contributed by atoms with Crippen molar-refractivity contribution in [3.63, 3.8) is 0 Å². The molecule has 1 N–H and O–H groups in total. The van der Waals surface area contributed by atoms with Gasteiger partial charge in [-0.3, -0.25) is 0 Å². The van der Waals surface area contributed by atoms with Gasteiger partial charge in [-0.1, -0.05) is 41.9 Å². The maximum Gasteiger partial charge on any atom is 0.0717 e. The molecule has 0 saturated heterocycles. The lowest BCUT2D eigenvalue weighted by atomic mass is 10.2. The fourth-order valence-electron chi connectivity index (χ4n) is 1.84. The van der Waals surface area contributed by atoms with Gasteiger partial charge in [0.25, 0.3) is 0 Å². The van der Waals surface area contributed by atoms with Gasteiger partial charge in [-0.25, -0.2) is 0 Å². The molecule has 1 aromatic rings. The first-order valence-electron chi connectivity index (χ1n) is 7.21. The zero-order chi connectivity index (χ0) is 13.9. The molecule has 0 atom stereocenters. The van der Waals surface area contributed by atoms with Crippen LogP contribution in [0.3, 0.4) is 0 Å². The molecule has 19 heavy (non-hydrogen) atoms. The first-order valence-corrected chi connectivity index (χ1v) is 8.00. The summed E-state index contributed by atoms with van der Waals surface area (Å²) >= 11 is 3.47. The molecule has 0 spiro atoms. The molecule has 0 bridgehead atoms. The van der Waals surface area contributed by atoms with Crippen LogP contribution in [-0.4, -0.2) is 19.7 Å². The highest BCUT2D eigenvalue weighted by Crippen LogP contribution is 2.12. The van der Waals surface area contributed by atoms with E-state index in [1.165, 1.54) is 18.4 Å². The molecule has 0 unspecified atom stereocenters. The minimum atomic E-state index is 0.713. The van der Waals surface area contributed by atoms with Gasteiger partial charge in [0.1, 0.15) is 0 Å². The van der Waals surface area contributed by atoms with Crippen LogP contribution in [0, 0.1) is 5.92 Å². The van der Waals surface area contributed by atoms with E-state index in [9.17, 15) is 0 Å². The molecule has 0 aromatic heterocycles. The van der Waals surface area contributed by atoms with E-state index in [0.717, 1.165) is 36.5 Å². The lowest BCUT2D eigenvalue weighted by Crippen LogP contribution is -2.20. The summed E-state index contributed by atoms with van der Waals surface area (Å²) in [6.45, 7) is 8.30. The van der Waals surface area contributed by atoms with E-state index < -0.39 is 0 Å². The molecular formula is C16H26BrNO. The van der Waals surface area contributed by atoms with Crippen molar-refractivity contribution in [2.24, 2.45) is 5.92 Å². The zero-order valence-corrected chi connectivity index (χ0v) is 13.7. The molecule has 0 radical (unpaired) electrons. The van der Waals surface area contributed by atoms with Crippen molar-refractivity contribution in [3.05, 3.63) is 34.3 Å². The number of benzene rings is 1. The van der Waals surface area contributed by atoms with E-state index in [1.807, 2.05) is 12.1 Å². The smallest absolute Gasteiger partial charge is 0.0717 e. The molecule has 0 aliphatic carbocycles. The summed E-state index contributed by atoms with van der Waals surface area (Å²) in [5, 5.41) is 3.46. The van der Waals surface area contributed by atoms with Gasteiger partial charge in [-0.05, 0) is 56.0 Å². The number of halogens is 1. The van der Waals surface area contributed by atoms with Crippen LogP contribution in [0.25, 0.3) is 0 Å². The largest absolute Gasteiger partial charge is 0.377 e. The summed E-state index contributed by atoms with van der Waals surface area (Å²) in [6, 6.07) is 8.28. The standard InChI is InChI=1S/C16H26BrNO/c1-14(2)12-18-9-4-3-5-10-19-13-15-7-6-8-16(17)11-15/h6-8,11,14,18H,3-5,9-10,12-13H2,1-2H3. The Morgan fingerprint density at radius 3 is 2.79 bits per heavy atom. The fraction of sp³-hybridized carbons (Fsp3) is 0.625. The van der Waals surface area contributed by atoms with Crippen LogP contribution >= 0.6 is 15.9 Å². The third kappa shape index (κ3) is 9.20. The van der Waals surface area contributed by atoms with Crippen molar-refractivity contribution < 1.29 is 4.74 Å². The van der Waals surface area contributed by atoms with Gasteiger partial charge in [0.05, 0.1) is 6.61 Å². The summed E-state index contributed by atoms with van der Waals surface area (Å²) in [7, 11) is 0. The number of rotatable bonds is 10. The summed E-state index contributed by atoms with van der Waals surface area (Å²) in [4.78, 5) is 0. The Morgan fingerprint density at radius 1 is 1.21 bits per heavy atom. The van der Waals surface area contributed by atoms with Crippen molar-refractivity contribution in [2.45, 2.75) is 39.7 Å². The highest BCUT2D eigenvalue weighted by molar-refractivity contribution is 9.10. The van der Waals surface area contributed by atoms with Crippen molar-refractivity contribution >= 4 is 15.9 Å². The minimum Gasteiger partial charge on any atom is -0.377 e. The first-order chi connectivity index (χ1) is 9.18. The highest BCUT2D eigenvalue weighted by Gasteiger charge is 1.96. The maximum absolute atomic E-state index is 5.68. The third-order valence-electron chi connectivity index (χ3n) is 2.85. The molecule has 3 heteroatoms. The average Bonchev–Trinajstić information content (AvgIpc) is 2.36. The zero-order valence-electron chi connectivity index (χ0n) is 12.1. The quantitative estimate of drug-likeness (QED) is 0.644. The number of hydrogen-bond acceptors (Lipinski definition) is 2. The van der Waals surface area contributed by atoms with Crippen LogP contribution in [-0.2, 0) is 11.3 Å². The topological polar surface area (TPSA) is 21.3 Å². The first kappa shape index (κ1) is 16.7. The van der Waals surface area contributed by atoms with Gasteiger partial charge in [0, 0.05) is 11.1 Å². The van der Waals surface area contributed by atoms with Gasteiger partial charge in [-0.2, -0.15) is 0 Å². The van der Waals surface area contributed by atoms with Crippen LogP contribution in [0.2, 0.25) is 0 Å². The third-order valence-corrected chi connectivity index (χ3v) is 3.35. The van der Waals surface area contributed by atoms with E-state index >= 15 is 0 Å². The van der Waals surface area contributed by atoms with E-state index in [2.05, 4.69) is 47.2 Å². The van der Waals surface area contributed by atoms with Crippen molar-refractivity contribution in [2.75, 3.05) is 19.7 Å². The molecule has 0 aliphatic heterocycles. The summed E-state index contributed by atoms with van der Waals surface area (Å²) in [5.74, 6) is 0.744. The lowest BCUT2D eigenvalue weighted by molar-refractivity contribution is 0.117. The van der Waals surface area contributed by atoms with Gasteiger partial charge in [0.15, 0.2) is 0 Å². The Bertz CT molecular complexity index is 341. The van der Waals surface area contributed by atoms with Crippen LogP contribution in [0.15, 0.2) is 28.7 Å². The Morgan fingerprint density at radius 2 is 2.05 bits per heavy atom. The predicted octanol–water partition coefficient (Wildman–Crippen LogP) is 4.38. The van der Waals surface area contributed by atoms with E-state index in [0.29, 0.717) is 6.61 Å². The van der Waals surface area contributed by atoms with Crippen LogP contribution in [0.1, 0.15) is 38.7 Å². The predicted molar refractivity (Wildman–Crippen MR) is 85.4 cm³/mol. The van der Waals surface area contributed by atoms with Gasteiger partial charge in [0.2, 0.25) is 0 Å². The van der Waals surface area contributed by atoms with E-state index in [-0.39, 0.29) is 0 Å². The average molecular weight is 328 g/mol. The number of ether oxygens (including phenoxy) is 1. The maximum atomic E-state index is 5.68. The molecule has 0 amide bonds. The lowest BCUT2D eigenvalue weighted by Gasteiger charge is -2.07. The molecule has 0 heterocycles. The second-order valence-corrected chi connectivity index (χ2v) is 6.26. The molecule has 108 valence electrons. The van der Waals surface area contributed by atoms with E-state index in [4.69, 9.17) is 4.74 Å². The molecular weight excluding hydrogens is 302 g/mol. The fourth-order valence-corrected chi connectivity index (χ4v) is 2.29. The normalized spacial score (nSPS) is 11.2. The SMILES string of the molecule is CC(C)CNCCCCCOCc1cccc(Br)c1. The molecule has 2 nitrogen and oxygen atoms in total. The van der Waals surface area contributed by atoms with Crippen LogP contribution in [0.5, 0.6) is 0 Å². The minimum absolute atomic E-state index is 0.713. The Balaban J connectivity index is 1.91.